The zero-order chi connectivity index (χ0) is 23.3. The van der Waals surface area contributed by atoms with E-state index in [0.29, 0.717) is 24.2 Å². The van der Waals surface area contributed by atoms with Crippen LogP contribution >= 0.6 is 23.4 Å². The van der Waals surface area contributed by atoms with Gasteiger partial charge in [0.05, 0.1) is 17.0 Å². The number of nitrogens with zero attached hydrogens (tertiary/aromatic N) is 1. The lowest BCUT2D eigenvalue weighted by Gasteiger charge is -2.13. The van der Waals surface area contributed by atoms with Crippen molar-refractivity contribution in [2.75, 3.05) is 25.6 Å². The van der Waals surface area contributed by atoms with Gasteiger partial charge in [-0.3, -0.25) is 19.3 Å². The second kappa shape index (κ2) is 10.5. The molecule has 0 aromatic heterocycles. The van der Waals surface area contributed by atoms with Crippen molar-refractivity contribution >= 4 is 52.2 Å². The number of hydrogen-bond donors (Lipinski definition) is 1. The Morgan fingerprint density at radius 3 is 2.62 bits per heavy atom. The van der Waals surface area contributed by atoms with Crippen molar-refractivity contribution in [3.63, 3.8) is 0 Å². The maximum atomic E-state index is 13.0. The molecule has 0 unspecified atom stereocenters. The first-order valence-electron chi connectivity index (χ1n) is 9.63. The molecule has 32 heavy (non-hydrogen) atoms. The summed E-state index contributed by atoms with van der Waals surface area (Å²) < 4.78 is 23.8. The van der Waals surface area contributed by atoms with Crippen LogP contribution in [0.25, 0.3) is 6.08 Å². The Morgan fingerprint density at radius 2 is 1.97 bits per heavy atom. The van der Waals surface area contributed by atoms with E-state index in [1.54, 1.807) is 18.2 Å². The molecule has 1 fully saturated rings. The van der Waals surface area contributed by atoms with Crippen LogP contribution in [0, 0.1) is 5.82 Å². The Balaban J connectivity index is 1.72. The van der Waals surface area contributed by atoms with E-state index in [4.69, 9.17) is 21.1 Å². The highest BCUT2D eigenvalue weighted by molar-refractivity contribution is 8.18. The van der Waals surface area contributed by atoms with E-state index in [2.05, 4.69) is 5.32 Å². The number of hydrogen-bond acceptors (Lipinski definition) is 6. The fourth-order valence-electron chi connectivity index (χ4n) is 2.90. The Kier molecular flexibility index (Phi) is 7.76. The molecule has 7 nitrogen and oxygen atoms in total. The lowest BCUT2D eigenvalue weighted by Crippen LogP contribution is -2.28. The van der Waals surface area contributed by atoms with Crippen molar-refractivity contribution in [3.05, 3.63) is 57.7 Å². The van der Waals surface area contributed by atoms with Crippen molar-refractivity contribution in [3.8, 4) is 11.5 Å². The average Bonchev–Trinajstić information content (AvgIpc) is 3.02. The van der Waals surface area contributed by atoms with Crippen LogP contribution in [0.2, 0.25) is 5.02 Å². The molecule has 1 heterocycles. The maximum Gasteiger partial charge on any atom is 0.293 e. The first kappa shape index (κ1) is 23.6. The van der Waals surface area contributed by atoms with Crippen molar-refractivity contribution < 1.29 is 28.2 Å². The Labute approximate surface area is 193 Å². The number of carbonyl (C=O) groups excluding carboxylic acids is 3. The fourth-order valence-corrected chi connectivity index (χ4v) is 4.04. The van der Waals surface area contributed by atoms with Gasteiger partial charge in [-0.05, 0) is 66.2 Å². The van der Waals surface area contributed by atoms with Crippen molar-refractivity contribution in [2.24, 2.45) is 0 Å². The second-order valence-corrected chi connectivity index (χ2v) is 8.11. The number of amides is 3. The molecule has 0 aliphatic carbocycles. The minimum Gasteiger partial charge on any atom is -0.493 e. The Hall–Kier alpha value is -3.04. The average molecular weight is 479 g/mol. The van der Waals surface area contributed by atoms with Crippen molar-refractivity contribution in [1.82, 2.24) is 4.90 Å². The summed E-state index contributed by atoms with van der Waals surface area (Å²) in [6.07, 6.45) is 2.23. The summed E-state index contributed by atoms with van der Waals surface area (Å²) in [6.45, 7) is 1.89. The molecule has 0 atom stereocenters. The Morgan fingerprint density at radius 1 is 1.25 bits per heavy atom. The maximum absolute atomic E-state index is 13.0. The third-order valence-corrected chi connectivity index (χ3v) is 5.53. The van der Waals surface area contributed by atoms with E-state index >= 15 is 0 Å². The third-order valence-electron chi connectivity index (χ3n) is 4.35. The highest BCUT2D eigenvalue weighted by Gasteiger charge is 2.34. The number of rotatable bonds is 8. The topological polar surface area (TPSA) is 84.9 Å². The highest BCUT2D eigenvalue weighted by atomic mass is 35.5. The normalized spacial score (nSPS) is 14.8. The van der Waals surface area contributed by atoms with E-state index in [-0.39, 0.29) is 39.2 Å². The zero-order valence-corrected chi connectivity index (χ0v) is 18.9. The lowest BCUT2D eigenvalue weighted by molar-refractivity contribution is -0.122. The summed E-state index contributed by atoms with van der Waals surface area (Å²) in [5, 5.41) is 2.43. The number of carbonyl (C=O) groups is 3. The summed E-state index contributed by atoms with van der Waals surface area (Å²) in [7, 11) is 1.41. The van der Waals surface area contributed by atoms with Crippen LogP contribution in [0.4, 0.5) is 14.9 Å². The van der Waals surface area contributed by atoms with Gasteiger partial charge >= 0.3 is 0 Å². The first-order chi connectivity index (χ1) is 15.3. The molecule has 1 N–H and O–H groups in total. The summed E-state index contributed by atoms with van der Waals surface area (Å²) in [6, 6.07) is 8.45. The van der Waals surface area contributed by atoms with E-state index in [1.165, 1.54) is 36.3 Å². The number of nitrogens with one attached hydrogen (secondary N) is 1. The molecular weight excluding hydrogens is 459 g/mol. The smallest absolute Gasteiger partial charge is 0.293 e. The molecule has 1 aliphatic heterocycles. The molecule has 2 aromatic carbocycles. The van der Waals surface area contributed by atoms with Crippen molar-refractivity contribution in [2.45, 2.75) is 13.3 Å². The fraction of sp³-hybridized carbons (Fsp3) is 0.227. The van der Waals surface area contributed by atoms with Gasteiger partial charge in [-0.25, -0.2) is 4.39 Å². The van der Waals surface area contributed by atoms with E-state index in [0.717, 1.165) is 11.8 Å². The van der Waals surface area contributed by atoms with E-state index in [9.17, 15) is 18.8 Å². The van der Waals surface area contributed by atoms with E-state index < -0.39 is 11.7 Å². The summed E-state index contributed by atoms with van der Waals surface area (Å²) in [5.74, 6) is -0.824. The molecule has 0 bridgehead atoms. The first-order valence-corrected chi connectivity index (χ1v) is 10.8. The van der Waals surface area contributed by atoms with Crippen LogP contribution in [0.5, 0.6) is 11.5 Å². The largest absolute Gasteiger partial charge is 0.493 e. The lowest BCUT2D eigenvalue weighted by atomic mass is 10.1. The summed E-state index contributed by atoms with van der Waals surface area (Å²) >= 11 is 7.19. The van der Waals surface area contributed by atoms with Crippen LogP contribution in [0.1, 0.15) is 18.9 Å². The molecule has 0 saturated carbocycles. The molecule has 1 aliphatic rings. The van der Waals surface area contributed by atoms with Gasteiger partial charge in [-0.15, -0.1) is 0 Å². The molecule has 168 valence electrons. The second-order valence-electron chi connectivity index (χ2n) is 6.71. The number of thioether (sulfide) groups is 1. The zero-order valence-electron chi connectivity index (χ0n) is 17.3. The number of benzene rings is 2. The van der Waals surface area contributed by atoms with E-state index in [1.807, 2.05) is 6.92 Å². The van der Waals surface area contributed by atoms with Gasteiger partial charge in [0, 0.05) is 12.2 Å². The van der Waals surface area contributed by atoms with Gasteiger partial charge in [-0.1, -0.05) is 18.5 Å². The minimum absolute atomic E-state index is 0.152. The SMILES string of the molecule is CCCN1C(=O)S/C(=C/c2cc(Cl)c(OCC(=O)Nc3ccc(F)cc3)c(OC)c2)C1=O. The van der Waals surface area contributed by atoms with Crippen LogP contribution in [-0.4, -0.2) is 42.2 Å². The molecule has 0 spiro atoms. The minimum atomic E-state index is -0.469. The molecule has 2 aromatic rings. The number of halogens is 2. The number of ether oxygens (including phenoxy) is 2. The molecule has 3 amide bonds. The van der Waals surface area contributed by atoms with Gasteiger partial charge in [0.1, 0.15) is 5.82 Å². The summed E-state index contributed by atoms with van der Waals surface area (Å²) in [5.41, 5.74) is 0.961. The number of methoxy groups -OCH3 is 1. The quantitative estimate of drug-likeness (QED) is 0.540. The Bertz CT molecular complexity index is 1070. The monoisotopic (exact) mass is 478 g/mol. The van der Waals surface area contributed by atoms with Gasteiger partial charge in [0.25, 0.3) is 17.1 Å². The van der Waals surface area contributed by atoms with Crippen LogP contribution in [0.3, 0.4) is 0 Å². The standard InChI is InChI=1S/C22H20ClFN2O5S/c1-3-8-26-21(28)18(32-22(26)29)11-13-9-16(23)20(17(10-13)30-2)31-12-19(27)25-15-6-4-14(24)5-7-15/h4-7,9-11H,3,8,12H2,1-2H3,(H,25,27)/b18-11+. The molecule has 0 radical (unpaired) electrons. The molecule has 10 heteroatoms. The predicted octanol–water partition coefficient (Wildman–Crippen LogP) is 4.95. The van der Waals surface area contributed by atoms with Crippen LogP contribution < -0.4 is 14.8 Å². The van der Waals surface area contributed by atoms with Gasteiger partial charge in [0.15, 0.2) is 18.1 Å². The highest BCUT2D eigenvalue weighted by Crippen LogP contribution is 2.39. The predicted molar refractivity (Wildman–Crippen MR) is 121 cm³/mol. The van der Waals surface area contributed by atoms with Crippen LogP contribution in [-0.2, 0) is 9.59 Å². The molecule has 3 rings (SSSR count). The molecule has 1 saturated heterocycles. The third kappa shape index (κ3) is 5.60. The number of anilines is 1. The number of imide groups is 1. The van der Waals surface area contributed by atoms with Crippen molar-refractivity contribution in [1.29, 1.82) is 0 Å². The van der Waals surface area contributed by atoms with Gasteiger partial charge in [-0.2, -0.15) is 0 Å². The van der Waals surface area contributed by atoms with Gasteiger partial charge in [0.2, 0.25) is 0 Å². The van der Waals surface area contributed by atoms with Crippen LogP contribution in [0.15, 0.2) is 41.3 Å². The summed E-state index contributed by atoms with van der Waals surface area (Å²) in [4.78, 5) is 38.1. The molecular formula is C22H20ClFN2O5S. The van der Waals surface area contributed by atoms with Gasteiger partial charge < -0.3 is 14.8 Å².